The highest BCUT2D eigenvalue weighted by Crippen LogP contribution is 2.18. The van der Waals surface area contributed by atoms with Crippen LogP contribution in [0.2, 0.25) is 0 Å². The van der Waals surface area contributed by atoms with Gasteiger partial charge < -0.3 is 21.3 Å². The van der Waals surface area contributed by atoms with Crippen LogP contribution in [0.4, 0.5) is 11.4 Å². The molecule has 0 unspecified atom stereocenters. The lowest BCUT2D eigenvalue weighted by Crippen LogP contribution is -2.36. The molecule has 0 saturated heterocycles. The quantitative estimate of drug-likeness (QED) is 0.405. The Morgan fingerprint density at radius 2 is 1.64 bits per heavy atom. The van der Waals surface area contributed by atoms with Crippen molar-refractivity contribution < 1.29 is 14.4 Å². The fraction of sp³-hybridized carbons (Fsp3) is 0.423. The molecule has 3 rings (SSSR count). The number of hydrogen-bond donors (Lipinski definition) is 4. The maximum Gasteiger partial charge on any atom is 0.251 e. The topological polar surface area (TPSA) is 99.3 Å². The Balaban J connectivity index is 1.45. The zero-order valence-electron chi connectivity index (χ0n) is 19.3. The molecule has 176 valence electrons. The van der Waals surface area contributed by atoms with Gasteiger partial charge in [0.2, 0.25) is 5.91 Å². The molecule has 0 spiro atoms. The molecule has 3 amide bonds. The normalized spacial score (nSPS) is 13.7. The summed E-state index contributed by atoms with van der Waals surface area (Å²) in [6.07, 6.45) is 7.64. The van der Waals surface area contributed by atoms with Gasteiger partial charge in [-0.3, -0.25) is 14.4 Å². The largest absolute Gasteiger partial charge is 0.376 e. The van der Waals surface area contributed by atoms with Crippen molar-refractivity contribution in [2.24, 2.45) is 0 Å². The van der Waals surface area contributed by atoms with Gasteiger partial charge in [0.1, 0.15) is 0 Å². The summed E-state index contributed by atoms with van der Waals surface area (Å²) < 4.78 is 0. The minimum atomic E-state index is -0.224. The molecule has 7 heteroatoms. The number of carbonyl (C=O) groups excluding carboxylic acids is 3. The molecule has 0 radical (unpaired) electrons. The van der Waals surface area contributed by atoms with Crippen molar-refractivity contribution in [2.45, 2.75) is 57.9 Å². The van der Waals surface area contributed by atoms with Crippen LogP contribution in [0.3, 0.4) is 0 Å². The molecule has 0 aromatic heterocycles. The van der Waals surface area contributed by atoms with Gasteiger partial charge in [0.15, 0.2) is 0 Å². The van der Waals surface area contributed by atoms with Crippen molar-refractivity contribution in [1.29, 1.82) is 0 Å². The summed E-state index contributed by atoms with van der Waals surface area (Å²) in [4.78, 5) is 36.9. The third-order valence-corrected chi connectivity index (χ3v) is 5.76. The molecule has 1 aliphatic carbocycles. The molecule has 1 saturated carbocycles. The number of unbranched alkanes of at least 4 members (excludes halogenated alkanes) is 1. The van der Waals surface area contributed by atoms with E-state index in [9.17, 15) is 14.4 Å². The number of anilines is 2. The van der Waals surface area contributed by atoms with Crippen LogP contribution >= 0.6 is 0 Å². The second-order valence-electron chi connectivity index (χ2n) is 8.48. The van der Waals surface area contributed by atoms with Gasteiger partial charge in [0.05, 0.1) is 6.54 Å². The Bertz CT molecular complexity index is 937. The van der Waals surface area contributed by atoms with Gasteiger partial charge in [0.25, 0.3) is 11.8 Å². The second kappa shape index (κ2) is 12.6. The highest BCUT2D eigenvalue weighted by molar-refractivity contribution is 5.98. The lowest BCUT2D eigenvalue weighted by molar-refractivity contribution is -0.114. The summed E-state index contributed by atoms with van der Waals surface area (Å²) in [6, 6.07) is 14.3. The smallest absolute Gasteiger partial charge is 0.251 e. The van der Waals surface area contributed by atoms with Gasteiger partial charge in [-0.15, -0.1) is 0 Å². The van der Waals surface area contributed by atoms with E-state index in [1.54, 1.807) is 48.5 Å². The summed E-state index contributed by atoms with van der Waals surface area (Å²) in [7, 11) is 0. The van der Waals surface area contributed by atoms with Crippen molar-refractivity contribution in [3.63, 3.8) is 0 Å². The van der Waals surface area contributed by atoms with Gasteiger partial charge in [-0.25, -0.2) is 0 Å². The Morgan fingerprint density at radius 3 is 2.36 bits per heavy atom. The Morgan fingerprint density at radius 1 is 0.879 bits per heavy atom. The van der Waals surface area contributed by atoms with E-state index >= 15 is 0 Å². The van der Waals surface area contributed by atoms with Crippen LogP contribution in [-0.4, -0.2) is 36.9 Å². The average molecular weight is 451 g/mol. The van der Waals surface area contributed by atoms with E-state index in [4.69, 9.17) is 0 Å². The lowest BCUT2D eigenvalue weighted by Gasteiger charge is -2.22. The highest BCUT2D eigenvalue weighted by Gasteiger charge is 2.16. The molecule has 0 bridgehead atoms. The molecule has 1 aliphatic rings. The number of amides is 3. The van der Waals surface area contributed by atoms with Crippen LogP contribution in [0.5, 0.6) is 0 Å². The van der Waals surface area contributed by atoms with Crippen molar-refractivity contribution >= 4 is 29.1 Å². The number of hydrogen-bond acceptors (Lipinski definition) is 4. The first-order chi connectivity index (χ1) is 16.0. The fourth-order valence-corrected chi connectivity index (χ4v) is 3.86. The first-order valence-electron chi connectivity index (χ1n) is 11.9. The van der Waals surface area contributed by atoms with Crippen LogP contribution in [-0.2, 0) is 4.79 Å². The predicted octanol–water partition coefficient (Wildman–Crippen LogP) is 4.33. The van der Waals surface area contributed by atoms with E-state index in [1.165, 1.54) is 19.3 Å². The Hall–Kier alpha value is -3.35. The van der Waals surface area contributed by atoms with Gasteiger partial charge in [-0.05, 0) is 61.7 Å². The molecule has 0 aliphatic heterocycles. The van der Waals surface area contributed by atoms with Gasteiger partial charge >= 0.3 is 0 Å². The van der Waals surface area contributed by atoms with Crippen LogP contribution in [0, 0.1) is 0 Å². The average Bonchev–Trinajstić information content (AvgIpc) is 2.84. The van der Waals surface area contributed by atoms with Crippen molar-refractivity contribution in [3.8, 4) is 0 Å². The van der Waals surface area contributed by atoms with E-state index in [1.807, 2.05) is 0 Å². The summed E-state index contributed by atoms with van der Waals surface area (Å²) in [5, 5.41) is 11.8. The van der Waals surface area contributed by atoms with Gasteiger partial charge in [0, 0.05) is 35.1 Å². The van der Waals surface area contributed by atoms with Crippen LogP contribution in [0.15, 0.2) is 48.5 Å². The molecule has 1 fully saturated rings. The zero-order chi connectivity index (χ0) is 23.5. The summed E-state index contributed by atoms with van der Waals surface area (Å²) in [5.41, 5.74) is 2.45. The summed E-state index contributed by atoms with van der Waals surface area (Å²) in [6.45, 7) is 2.77. The van der Waals surface area contributed by atoms with E-state index in [0.29, 0.717) is 23.4 Å². The van der Waals surface area contributed by atoms with Crippen molar-refractivity contribution in [1.82, 2.24) is 10.6 Å². The minimum absolute atomic E-state index is 0.0511. The third kappa shape index (κ3) is 7.93. The van der Waals surface area contributed by atoms with Crippen LogP contribution < -0.4 is 21.3 Å². The lowest BCUT2D eigenvalue weighted by atomic mass is 9.95. The second-order valence-corrected chi connectivity index (χ2v) is 8.48. The summed E-state index contributed by atoms with van der Waals surface area (Å²) in [5.74, 6) is -0.423. The maximum atomic E-state index is 12.4. The number of rotatable bonds is 10. The molecule has 4 N–H and O–H groups in total. The molecule has 33 heavy (non-hydrogen) atoms. The zero-order valence-corrected chi connectivity index (χ0v) is 19.3. The SMILES string of the molecule is CCCCNC(=O)c1cccc(NC(=O)CNc2ccc(C(=O)NC3CCCCC3)cc2)c1. The molecular weight excluding hydrogens is 416 g/mol. The standard InChI is InChI=1S/C26H34N4O3/c1-2-3-16-27-25(32)20-8-7-11-23(17-20)29-24(31)18-28-21-14-12-19(13-15-21)26(33)30-22-9-5-4-6-10-22/h7-8,11-15,17,22,28H,2-6,9-10,16,18H2,1H3,(H,27,32)(H,29,31)(H,30,33). The minimum Gasteiger partial charge on any atom is -0.376 e. The molecular formula is C26H34N4O3. The predicted molar refractivity (Wildman–Crippen MR) is 132 cm³/mol. The highest BCUT2D eigenvalue weighted by atomic mass is 16.2. The maximum absolute atomic E-state index is 12.4. The van der Waals surface area contributed by atoms with Gasteiger partial charge in [-0.2, -0.15) is 0 Å². The molecule has 7 nitrogen and oxygen atoms in total. The number of benzene rings is 2. The molecule has 2 aromatic carbocycles. The Kier molecular flexibility index (Phi) is 9.30. The van der Waals surface area contributed by atoms with E-state index < -0.39 is 0 Å². The number of nitrogens with one attached hydrogen (secondary N) is 4. The van der Waals surface area contributed by atoms with Crippen LogP contribution in [0.25, 0.3) is 0 Å². The van der Waals surface area contributed by atoms with Gasteiger partial charge in [-0.1, -0.05) is 38.7 Å². The van der Waals surface area contributed by atoms with Crippen molar-refractivity contribution in [2.75, 3.05) is 23.7 Å². The van der Waals surface area contributed by atoms with Crippen molar-refractivity contribution in [3.05, 3.63) is 59.7 Å². The van der Waals surface area contributed by atoms with Crippen LogP contribution in [0.1, 0.15) is 72.6 Å². The first-order valence-corrected chi connectivity index (χ1v) is 11.9. The first kappa shape index (κ1) is 24.3. The molecule has 0 heterocycles. The fourth-order valence-electron chi connectivity index (χ4n) is 3.86. The Labute approximate surface area is 195 Å². The van der Waals surface area contributed by atoms with E-state index in [-0.39, 0.29) is 30.3 Å². The monoisotopic (exact) mass is 450 g/mol. The van der Waals surface area contributed by atoms with E-state index in [0.717, 1.165) is 31.4 Å². The molecule has 0 atom stereocenters. The molecule has 2 aromatic rings. The summed E-state index contributed by atoms with van der Waals surface area (Å²) >= 11 is 0. The van der Waals surface area contributed by atoms with E-state index in [2.05, 4.69) is 28.2 Å². The number of carbonyl (C=O) groups is 3. The third-order valence-electron chi connectivity index (χ3n) is 5.76.